The number of hydrogen-bond acceptors (Lipinski definition) is 6. The summed E-state index contributed by atoms with van der Waals surface area (Å²) in [6, 6.07) is 24.1. The fraction of sp³-hybridized carbons (Fsp3) is 0.323. The van der Waals surface area contributed by atoms with Crippen molar-refractivity contribution in [2.75, 3.05) is 30.9 Å². The minimum Gasteiger partial charge on any atom is -0.457 e. The molecule has 7 heteroatoms. The topological polar surface area (TPSA) is 79.4 Å². The minimum absolute atomic E-state index is 0.0363. The molecule has 1 aliphatic heterocycles. The molecule has 1 aliphatic carbocycles. The number of carbonyl (C=O) groups is 1. The smallest absolute Gasteiger partial charge is 0.232 e. The van der Waals surface area contributed by atoms with E-state index in [0.29, 0.717) is 24.5 Å². The van der Waals surface area contributed by atoms with E-state index in [9.17, 15) is 4.79 Å². The van der Waals surface area contributed by atoms with Crippen LogP contribution >= 0.6 is 0 Å². The lowest BCUT2D eigenvalue weighted by Gasteiger charge is -2.31. The molecule has 1 saturated carbocycles. The predicted octanol–water partition coefficient (Wildman–Crippen LogP) is 5.72. The molecular formula is C31H33N5O2. The standard InChI is InChI=1S/C31H33N5O2/c1-36(2)29-22-9-3-6-12-25(22)34-31(35-29)33-21-17-15-20(16-18-21)19-32-30(37)28-23-10-4-7-13-26(23)38-27-14-8-5-11-24(27)28/h3-14,20-21,28H,15-19H2,1-2H3,(H,32,37)(H,33,34,35)/t20-,21+. The summed E-state index contributed by atoms with van der Waals surface area (Å²) in [6.07, 6.45) is 4.15. The van der Waals surface area contributed by atoms with Gasteiger partial charge < -0.3 is 20.3 Å². The first-order valence-corrected chi connectivity index (χ1v) is 13.4. The van der Waals surface area contributed by atoms with Gasteiger partial charge in [-0.15, -0.1) is 0 Å². The fourth-order valence-electron chi connectivity index (χ4n) is 5.70. The average Bonchev–Trinajstić information content (AvgIpc) is 2.95. The molecule has 2 aliphatic rings. The zero-order valence-electron chi connectivity index (χ0n) is 21.9. The third kappa shape index (κ3) is 4.76. The van der Waals surface area contributed by atoms with E-state index in [-0.39, 0.29) is 11.8 Å². The molecule has 0 unspecified atom stereocenters. The van der Waals surface area contributed by atoms with Gasteiger partial charge in [-0.25, -0.2) is 4.98 Å². The lowest BCUT2D eigenvalue weighted by Crippen LogP contribution is -2.37. The van der Waals surface area contributed by atoms with Crippen LogP contribution in [0.15, 0.2) is 72.8 Å². The van der Waals surface area contributed by atoms with E-state index in [4.69, 9.17) is 14.7 Å². The largest absolute Gasteiger partial charge is 0.457 e. The van der Waals surface area contributed by atoms with Crippen molar-refractivity contribution in [1.29, 1.82) is 0 Å². The number of anilines is 2. The zero-order valence-corrected chi connectivity index (χ0v) is 21.9. The summed E-state index contributed by atoms with van der Waals surface area (Å²) in [5.41, 5.74) is 2.79. The van der Waals surface area contributed by atoms with Gasteiger partial charge in [0.25, 0.3) is 0 Å². The van der Waals surface area contributed by atoms with Gasteiger partial charge in [0.15, 0.2) is 0 Å². The zero-order chi connectivity index (χ0) is 26.1. The van der Waals surface area contributed by atoms with Crippen molar-refractivity contribution in [3.05, 3.63) is 83.9 Å². The Labute approximate surface area is 223 Å². The molecule has 1 amide bonds. The summed E-state index contributed by atoms with van der Waals surface area (Å²) in [5.74, 6) is 3.25. The molecular weight excluding hydrogens is 474 g/mol. The van der Waals surface area contributed by atoms with Crippen LogP contribution in [0.25, 0.3) is 10.9 Å². The van der Waals surface area contributed by atoms with E-state index in [2.05, 4.69) is 16.7 Å². The Bertz CT molecular complexity index is 1420. The quantitative estimate of drug-likeness (QED) is 0.348. The van der Waals surface area contributed by atoms with Gasteiger partial charge in [0, 0.05) is 43.2 Å². The summed E-state index contributed by atoms with van der Waals surface area (Å²) in [7, 11) is 4.02. The number of ether oxygens (including phenoxy) is 1. The van der Waals surface area contributed by atoms with Gasteiger partial charge >= 0.3 is 0 Å². The van der Waals surface area contributed by atoms with Crippen molar-refractivity contribution < 1.29 is 9.53 Å². The second-order valence-corrected chi connectivity index (χ2v) is 10.5. The normalized spacial score (nSPS) is 18.7. The van der Waals surface area contributed by atoms with E-state index < -0.39 is 0 Å². The second kappa shape index (κ2) is 10.3. The third-order valence-electron chi connectivity index (χ3n) is 7.69. The summed E-state index contributed by atoms with van der Waals surface area (Å²) < 4.78 is 6.06. The highest BCUT2D eigenvalue weighted by Crippen LogP contribution is 2.44. The summed E-state index contributed by atoms with van der Waals surface area (Å²) in [4.78, 5) is 25.1. The van der Waals surface area contributed by atoms with Crippen LogP contribution in [-0.4, -0.2) is 42.6 Å². The van der Waals surface area contributed by atoms with Gasteiger partial charge in [0.2, 0.25) is 11.9 Å². The highest BCUT2D eigenvalue weighted by molar-refractivity contribution is 5.90. The van der Waals surface area contributed by atoms with Crippen LogP contribution in [0.2, 0.25) is 0 Å². The monoisotopic (exact) mass is 507 g/mol. The molecule has 3 aromatic carbocycles. The number of benzene rings is 3. The summed E-state index contributed by atoms with van der Waals surface area (Å²) >= 11 is 0. The number of amides is 1. The van der Waals surface area contributed by atoms with Crippen LogP contribution in [0.3, 0.4) is 0 Å². The highest BCUT2D eigenvalue weighted by atomic mass is 16.5. The molecule has 0 bridgehead atoms. The number of carbonyl (C=O) groups excluding carboxylic acids is 1. The molecule has 7 nitrogen and oxygen atoms in total. The van der Waals surface area contributed by atoms with E-state index in [1.165, 1.54) is 0 Å². The number of rotatable bonds is 6. The number of aromatic nitrogens is 2. The van der Waals surface area contributed by atoms with E-state index >= 15 is 0 Å². The van der Waals surface area contributed by atoms with Crippen molar-refractivity contribution in [1.82, 2.24) is 15.3 Å². The Morgan fingerprint density at radius 1 is 0.868 bits per heavy atom. The summed E-state index contributed by atoms with van der Waals surface area (Å²) in [6.45, 7) is 0.685. The van der Waals surface area contributed by atoms with Crippen molar-refractivity contribution in [2.45, 2.75) is 37.6 Å². The minimum atomic E-state index is -0.356. The van der Waals surface area contributed by atoms with E-state index in [1.807, 2.05) is 85.7 Å². The molecule has 1 fully saturated rings. The van der Waals surface area contributed by atoms with E-state index in [0.717, 1.165) is 65.0 Å². The lowest BCUT2D eigenvalue weighted by molar-refractivity contribution is -0.122. The van der Waals surface area contributed by atoms with Crippen LogP contribution in [0, 0.1) is 5.92 Å². The number of hydrogen-bond donors (Lipinski definition) is 2. The Morgan fingerprint density at radius 2 is 1.50 bits per heavy atom. The first-order chi connectivity index (χ1) is 18.6. The molecule has 0 atom stereocenters. The highest BCUT2D eigenvalue weighted by Gasteiger charge is 2.33. The maximum atomic E-state index is 13.5. The van der Waals surface area contributed by atoms with Crippen molar-refractivity contribution >= 4 is 28.6 Å². The second-order valence-electron chi connectivity index (χ2n) is 10.5. The van der Waals surface area contributed by atoms with Crippen molar-refractivity contribution in [3.63, 3.8) is 0 Å². The Morgan fingerprint density at radius 3 is 2.18 bits per heavy atom. The fourth-order valence-corrected chi connectivity index (χ4v) is 5.70. The van der Waals surface area contributed by atoms with Gasteiger partial charge in [-0.05, 0) is 55.9 Å². The van der Waals surface area contributed by atoms with Gasteiger partial charge in [-0.3, -0.25) is 4.79 Å². The van der Waals surface area contributed by atoms with Crippen LogP contribution in [0.4, 0.5) is 11.8 Å². The summed E-state index contributed by atoms with van der Waals surface area (Å²) in [5, 5.41) is 7.89. The number of fused-ring (bicyclic) bond motifs is 3. The lowest BCUT2D eigenvalue weighted by atomic mass is 9.85. The molecule has 0 radical (unpaired) electrons. The first-order valence-electron chi connectivity index (χ1n) is 13.4. The van der Waals surface area contributed by atoms with Crippen molar-refractivity contribution in [3.8, 4) is 11.5 Å². The molecule has 0 saturated heterocycles. The third-order valence-corrected chi connectivity index (χ3v) is 7.69. The number of para-hydroxylation sites is 3. The van der Waals surface area contributed by atoms with Crippen LogP contribution < -0.4 is 20.3 Å². The average molecular weight is 508 g/mol. The molecule has 4 aromatic rings. The maximum absolute atomic E-state index is 13.5. The predicted molar refractivity (Wildman–Crippen MR) is 151 cm³/mol. The van der Waals surface area contributed by atoms with Gasteiger partial charge in [0.05, 0.1) is 11.4 Å². The maximum Gasteiger partial charge on any atom is 0.232 e. The van der Waals surface area contributed by atoms with Gasteiger partial charge in [-0.2, -0.15) is 4.98 Å². The van der Waals surface area contributed by atoms with E-state index in [1.54, 1.807) is 0 Å². The Kier molecular flexibility index (Phi) is 6.58. The first kappa shape index (κ1) is 24.2. The molecule has 6 rings (SSSR count). The Hall–Kier alpha value is -4.13. The van der Waals surface area contributed by atoms with Crippen LogP contribution in [-0.2, 0) is 4.79 Å². The molecule has 38 heavy (non-hydrogen) atoms. The van der Waals surface area contributed by atoms with Crippen LogP contribution in [0.5, 0.6) is 11.5 Å². The molecule has 2 heterocycles. The number of nitrogens with one attached hydrogen (secondary N) is 2. The van der Waals surface area contributed by atoms with Gasteiger partial charge in [0.1, 0.15) is 17.3 Å². The molecule has 0 spiro atoms. The van der Waals surface area contributed by atoms with Crippen molar-refractivity contribution in [2.24, 2.45) is 5.92 Å². The molecule has 194 valence electrons. The molecule has 2 N–H and O–H groups in total. The molecule has 1 aromatic heterocycles. The number of nitrogens with zero attached hydrogens (tertiary/aromatic N) is 3. The van der Waals surface area contributed by atoms with Crippen LogP contribution in [0.1, 0.15) is 42.7 Å². The SMILES string of the molecule is CN(C)c1nc(N[C@H]2CC[C@@H](CNC(=O)C3c4ccccc4Oc4ccccc43)CC2)nc2ccccc12. The Balaban J connectivity index is 1.08. The van der Waals surface area contributed by atoms with Gasteiger partial charge in [-0.1, -0.05) is 48.5 Å².